The molecule has 1 rings (SSSR count). The van der Waals surface area contributed by atoms with Gasteiger partial charge in [-0.1, -0.05) is 20.3 Å². The average molecular weight is 211 g/mol. The number of carbonyl (C=O) groups excluding carboxylic acids is 1. The molecule has 84 valence electrons. The predicted octanol–water partition coefficient (Wildman–Crippen LogP) is -0.206. The smallest absolute Gasteiger partial charge is 0.237 e. The summed E-state index contributed by atoms with van der Waals surface area (Å²) in [6.45, 7) is 4.30. The van der Waals surface area contributed by atoms with Crippen molar-refractivity contribution in [3.8, 4) is 0 Å². The highest BCUT2D eigenvalue weighted by Gasteiger charge is 2.18. The summed E-state index contributed by atoms with van der Waals surface area (Å²) >= 11 is 0. The molecule has 0 spiro atoms. The minimum atomic E-state index is -0.460. The lowest BCUT2D eigenvalue weighted by Crippen LogP contribution is -2.44. The third-order valence-corrected chi connectivity index (χ3v) is 2.45. The molecule has 6 heteroatoms. The molecular formula is C9H17N5O. The maximum atomic E-state index is 11.5. The van der Waals surface area contributed by atoms with E-state index >= 15 is 0 Å². The molecule has 4 N–H and O–H groups in total. The molecule has 1 aromatic heterocycles. The third kappa shape index (κ3) is 3.32. The van der Waals surface area contributed by atoms with E-state index < -0.39 is 6.04 Å². The number of hydrogen-bond donors (Lipinski definition) is 3. The van der Waals surface area contributed by atoms with Gasteiger partial charge in [0.1, 0.15) is 12.2 Å². The third-order valence-electron chi connectivity index (χ3n) is 2.45. The molecule has 1 unspecified atom stereocenters. The Hall–Kier alpha value is -1.43. The highest BCUT2D eigenvalue weighted by Crippen LogP contribution is 2.04. The molecule has 0 aliphatic rings. The standard InChI is InChI=1S/C9H17N5O/c1-3-6(2)8(10)9(15)11-4-7-12-5-13-14-7/h5-6,8H,3-4,10H2,1-2H3,(H,11,15)(H,12,13,14)/t6?,8-/m0/s1. The van der Waals surface area contributed by atoms with Gasteiger partial charge in [-0.05, 0) is 5.92 Å². The van der Waals surface area contributed by atoms with E-state index in [2.05, 4.69) is 20.5 Å². The van der Waals surface area contributed by atoms with Crippen LogP contribution in [0.25, 0.3) is 0 Å². The summed E-state index contributed by atoms with van der Waals surface area (Å²) in [6.07, 6.45) is 2.28. The van der Waals surface area contributed by atoms with Gasteiger partial charge < -0.3 is 11.1 Å². The Kier molecular flexibility index (Phi) is 4.23. The first-order valence-electron chi connectivity index (χ1n) is 5.02. The van der Waals surface area contributed by atoms with Crippen molar-refractivity contribution in [2.75, 3.05) is 0 Å². The van der Waals surface area contributed by atoms with Gasteiger partial charge in [0.05, 0.1) is 12.6 Å². The molecule has 6 nitrogen and oxygen atoms in total. The van der Waals surface area contributed by atoms with E-state index in [4.69, 9.17) is 5.73 Å². The second kappa shape index (κ2) is 5.45. The summed E-state index contributed by atoms with van der Waals surface area (Å²) in [4.78, 5) is 15.4. The zero-order valence-electron chi connectivity index (χ0n) is 9.03. The van der Waals surface area contributed by atoms with Crippen LogP contribution in [0.3, 0.4) is 0 Å². The number of carbonyl (C=O) groups is 1. The molecule has 0 aliphatic carbocycles. The normalized spacial score (nSPS) is 14.6. The zero-order chi connectivity index (χ0) is 11.3. The van der Waals surface area contributed by atoms with Crippen molar-refractivity contribution in [2.24, 2.45) is 11.7 Å². The molecule has 1 aromatic rings. The summed E-state index contributed by atoms with van der Waals surface area (Å²) in [6, 6.07) is -0.460. The van der Waals surface area contributed by atoms with Gasteiger partial charge in [-0.15, -0.1) is 0 Å². The van der Waals surface area contributed by atoms with Crippen molar-refractivity contribution in [1.82, 2.24) is 20.5 Å². The molecule has 2 atom stereocenters. The molecule has 1 amide bonds. The molecule has 0 aromatic carbocycles. The Morgan fingerprint density at radius 1 is 1.73 bits per heavy atom. The van der Waals surface area contributed by atoms with Crippen molar-refractivity contribution in [3.63, 3.8) is 0 Å². The Balaban J connectivity index is 2.36. The Bertz CT molecular complexity index is 297. The SMILES string of the molecule is CCC(C)[C@H](N)C(=O)NCc1ncn[nH]1. The molecule has 0 saturated carbocycles. The van der Waals surface area contributed by atoms with Gasteiger partial charge in [0, 0.05) is 0 Å². The highest BCUT2D eigenvalue weighted by atomic mass is 16.2. The fourth-order valence-corrected chi connectivity index (χ4v) is 1.12. The maximum Gasteiger partial charge on any atom is 0.237 e. The number of rotatable bonds is 5. The number of nitrogens with zero attached hydrogens (tertiary/aromatic N) is 2. The topological polar surface area (TPSA) is 96.7 Å². The van der Waals surface area contributed by atoms with Gasteiger partial charge in [0.25, 0.3) is 0 Å². The van der Waals surface area contributed by atoms with E-state index in [9.17, 15) is 4.79 Å². The van der Waals surface area contributed by atoms with Gasteiger partial charge in [-0.25, -0.2) is 4.98 Å². The second-order valence-corrected chi connectivity index (χ2v) is 3.56. The molecule has 0 radical (unpaired) electrons. The van der Waals surface area contributed by atoms with Crippen LogP contribution in [0.1, 0.15) is 26.1 Å². The van der Waals surface area contributed by atoms with Crippen LogP contribution < -0.4 is 11.1 Å². The number of nitrogens with two attached hydrogens (primary N) is 1. The van der Waals surface area contributed by atoms with E-state index in [0.717, 1.165) is 6.42 Å². The van der Waals surface area contributed by atoms with Crippen LogP contribution in [0.2, 0.25) is 0 Å². The summed E-state index contributed by atoms with van der Waals surface area (Å²) in [7, 11) is 0. The van der Waals surface area contributed by atoms with Crippen molar-refractivity contribution >= 4 is 5.91 Å². The first-order valence-corrected chi connectivity index (χ1v) is 5.02. The summed E-state index contributed by atoms with van der Waals surface area (Å²) in [5.41, 5.74) is 5.75. The van der Waals surface area contributed by atoms with Crippen molar-refractivity contribution in [3.05, 3.63) is 12.2 Å². The molecule has 0 bridgehead atoms. The van der Waals surface area contributed by atoms with E-state index in [0.29, 0.717) is 12.4 Å². The summed E-state index contributed by atoms with van der Waals surface area (Å²) in [5, 5.41) is 9.04. The van der Waals surface area contributed by atoms with Crippen LogP contribution in [0.5, 0.6) is 0 Å². The summed E-state index contributed by atoms with van der Waals surface area (Å²) in [5.74, 6) is 0.653. The van der Waals surface area contributed by atoms with Gasteiger partial charge in [-0.3, -0.25) is 9.89 Å². The van der Waals surface area contributed by atoms with E-state index in [1.54, 1.807) is 0 Å². The molecule has 1 heterocycles. The minimum Gasteiger partial charge on any atom is -0.347 e. The van der Waals surface area contributed by atoms with Crippen LogP contribution in [0.15, 0.2) is 6.33 Å². The number of aromatic amines is 1. The van der Waals surface area contributed by atoms with Gasteiger partial charge in [0.15, 0.2) is 0 Å². The van der Waals surface area contributed by atoms with E-state index in [1.807, 2.05) is 13.8 Å². The number of hydrogen-bond acceptors (Lipinski definition) is 4. The molecule has 15 heavy (non-hydrogen) atoms. The van der Waals surface area contributed by atoms with Crippen molar-refractivity contribution in [1.29, 1.82) is 0 Å². The Morgan fingerprint density at radius 2 is 2.47 bits per heavy atom. The fourth-order valence-electron chi connectivity index (χ4n) is 1.12. The minimum absolute atomic E-state index is 0.152. The first kappa shape index (κ1) is 11.6. The average Bonchev–Trinajstić information content (AvgIpc) is 2.76. The number of nitrogens with one attached hydrogen (secondary N) is 2. The number of amides is 1. The van der Waals surface area contributed by atoms with E-state index in [-0.39, 0.29) is 11.8 Å². The number of aromatic nitrogens is 3. The lowest BCUT2D eigenvalue weighted by Gasteiger charge is -2.17. The maximum absolute atomic E-state index is 11.5. The van der Waals surface area contributed by atoms with Gasteiger partial charge in [-0.2, -0.15) is 5.10 Å². The predicted molar refractivity (Wildman–Crippen MR) is 55.7 cm³/mol. The molecular weight excluding hydrogens is 194 g/mol. The van der Waals surface area contributed by atoms with Crippen molar-refractivity contribution < 1.29 is 4.79 Å². The first-order chi connectivity index (χ1) is 7.15. The summed E-state index contributed by atoms with van der Waals surface area (Å²) < 4.78 is 0. The van der Waals surface area contributed by atoms with Crippen molar-refractivity contribution in [2.45, 2.75) is 32.9 Å². The van der Waals surface area contributed by atoms with E-state index in [1.165, 1.54) is 6.33 Å². The van der Waals surface area contributed by atoms with Crippen LogP contribution in [-0.4, -0.2) is 27.1 Å². The molecule has 0 aliphatic heterocycles. The lowest BCUT2D eigenvalue weighted by molar-refractivity contribution is -0.123. The Labute approximate surface area is 88.7 Å². The van der Waals surface area contributed by atoms with Crippen LogP contribution >= 0.6 is 0 Å². The molecule has 0 saturated heterocycles. The largest absolute Gasteiger partial charge is 0.347 e. The quantitative estimate of drug-likeness (QED) is 0.628. The monoisotopic (exact) mass is 211 g/mol. The zero-order valence-corrected chi connectivity index (χ0v) is 9.03. The fraction of sp³-hybridized carbons (Fsp3) is 0.667. The Morgan fingerprint density at radius 3 is 3.00 bits per heavy atom. The number of H-pyrrole nitrogens is 1. The second-order valence-electron chi connectivity index (χ2n) is 3.56. The highest BCUT2D eigenvalue weighted by molar-refractivity contribution is 5.81. The van der Waals surface area contributed by atoms with Gasteiger partial charge >= 0.3 is 0 Å². The van der Waals surface area contributed by atoms with Crippen LogP contribution in [0.4, 0.5) is 0 Å². The van der Waals surface area contributed by atoms with Crippen LogP contribution in [0, 0.1) is 5.92 Å². The van der Waals surface area contributed by atoms with Crippen LogP contribution in [-0.2, 0) is 11.3 Å². The van der Waals surface area contributed by atoms with Gasteiger partial charge in [0.2, 0.25) is 5.91 Å². The lowest BCUT2D eigenvalue weighted by atomic mass is 9.99. The molecule has 0 fully saturated rings.